The Bertz CT molecular complexity index is 479. The van der Waals surface area contributed by atoms with Crippen molar-refractivity contribution in [2.24, 2.45) is 4.99 Å². The Morgan fingerprint density at radius 2 is 2.18 bits per heavy atom. The molecule has 6 heteroatoms. The summed E-state index contributed by atoms with van der Waals surface area (Å²) >= 11 is 3.84. The van der Waals surface area contributed by atoms with Gasteiger partial charge in [-0.15, -0.1) is 11.3 Å². The highest BCUT2D eigenvalue weighted by Crippen LogP contribution is 2.29. The van der Waals surface area contributed by atoms with Gasteiger partial charge in [0, 0.05) is 22.7 Å². The van der Waals surface area contributed by atoms with Crippen LogP contribution in [0.3, 0.4) is 0 Å². The van der Waals surface area contributed by atoms with E-state index in [9.17, 15) is 0 Å². The number of hydrogen-bond donors (Lipinski definition) is 2. The van der Waals surface area contributed by atoms with Crippen molar-refractivity contribution in [1.82, 2.24) is 15.6 Å². The molecule has 1 heterocycles. The Morgan fingerprint density at radius 1 is 1.36 bits per heavy atom. The number of nitrogens with one attached hydrogen (secondary N) is 2. The van der Waals surface area contributed by atoms with Gasteiger partial charge in [-0.25, -0.2) is 9.98 Å². The van der Waals surface area contributed by atoms with Gasteiger partial charge in [-0.2, -0.15) is 11.8 Å². The van der Waals surface area contributed by atoms with Crippen LogP contribution in [0.1, 0.15) is 48.7 Å². The van der Waals surface area contributed by atoms with Gasteiger partial charge in [0.15, 0.2) is 5.96 Å². The number of aromatic nitrogens is 1. The van der Waals surface area contributed by atoms with Crippen molar-refractivity contribution in [2.75, 3.05) is 12.3 Å². The van der Waals surface area contributed by atoms with Gasteiger partial charge < -0.3 is 10.6 Å². The summed E-state index contributed by atoms with van der Waals surface area (Å²) in [5.41, 5.74) is 1.13. The Hall–Kier alpha value is -0.750. The Labute approximate surface area is 142 Å². The standard InChI is InChI=1S/C16H28N4S2/c1-5-17-16(18-10-15-19-11(3)12(4)22-15)20-13-7-8-14(9-13)21-6-2/h13-14H,5-10H2,1-4H3,(H2,17,18,20). The average Bonchev–Trinajstić information content (AvgIpc) is 3.04. The molecule has 2 atom stereocenters. The van der Waals surface area contributed by atoms with Crippen LogP contribution in [0, 0.1) is 13.8 Å². The minimum atomic E-state index is 0.557. The molecule has 0 amide bonds. The summed E-state index contributed by atoms with van der Waals surface area (Å²) in [4.78, 5) is 10.6. The molecule has 2 unspecified atom stereocenters. The molecule has 0 radical (unpaired) electrons. The van der Waals surface area contributed by atoms with Gasteiger partial charge in [-0.3, -0.25) is 0 Å². The first kappa shape index (κ1) is 17.6. The van der Waals surface area contributed by atoms with Gasteiger partial charge in [-0.05, 0) is 45.8 Å². The van der Waals surface area contributed by atoms with Crippen LogP contribution in [0.2, 0.25) is 0 Å². The summed E-state index contributed by atoms with van der Waals surface area (Å²) in [7, 11) is 0. The van der Waals surface area contributed by atoms with Crippen molar-refractivity contribution in [2.45, 2.75) is 64.8 Å². The molecule has 1 aliphatic carbocycles. The predicted octanol–water partition coefficient (Wildman–Crippen LogP) is 3.49. The van der Waals surface area contributed by atoms with E-state index in [0.717, 1.165) is 28.5 Å². The molecular formula is C16H28N4S2. The van der Waals surface area contributed by atoms with Crippen molar-refractivity contribution >= 4 is 29.1 Å². The molecule has 0 saturated heterocycles. The number of rotatable bonds is 6. The molecule has 2 N–H and O–H groups in total. The van der Waals surface area contributed by atoms with E-state index in [1.54, 1.807) is 11.3 Å². The SMILES string of the molecule is CCNC(=NCc1nc(C)c(C)s1)NC1CCC(SCC)C1. The fourth-order valence-corrected chi connectivity index (χ4v) is 4.73. The van der Waals surface area contributed by atoms with Crippen LogP contribution < -0.4 is 10.6 Å². The highest BCUT2D eigenvalue weighted by Gasteiger charge is 2.25. The normalized spacial score (nSPS) is 22.1. The molecule has 0 aliphatic heterocycles. The first-order valence-electron chi connectivity index (χ1n) is 8.21. The molecule has 22 heavy (non-hydrogen) atoms. The Kier molecular flexibility index (Phi) is 7.02. The second-order valence-corrected chi connectivity index (χ2v) is 8.54. The largest absolute Gasteiger partial charge is 0.357 e. The van der Waals surface area contributed by atoms with E-state index in [4.69, 9.17) is 4.99 Å². The van der Waals surface area contributed by atoms with Crippen LogP contribution in [0.15, 0.2) is 4.99 Å². The molecule has 124 valence electrons. The maximum Gasteiger partial charge on any atom is 0.191 e. The Morgan fingerprint density at radius 3 is 2.82 bits per heavy atom. The third-order valence-corrected chi connectivity index (χ3v) is 6.21. The summed E-state index contributed by atoms with van der Waals surface area (Å²) in [6.07, 6.45) is 3.82. The van der Waals surface area contributed by atoms with E-state index in [2.05, 4.69) is 55.1 Å². The van der Waals surface area contributed by atoms with E-state index >= 15 is 0 Å². The quantitative estimate of drug-likeness (QED) is 0.615. The molecule has 1 saturated carbocycles. The summed E-state index contributed by atoms with van der Waals surface area (Å²) in [5.74, 6) is 2.15. The molecule has 2 rings (SSSR count). The number of thiazole rings is 1. The van der Waals surface area contributed by atoms with Crippen LogP contribution in [-0.4, -0.2) is 34.5 Å². The zero-order valence-electron chi connectivity index (χ0n) is 14.1. The lowest BCUT2D eigenvalue weighted by Crippen LogP contribution is -2.42. The zero-order chi connectivity index (χ0) is 15.9. The summed E-state index contributed by atoms with van der Waals surface area (Å²) in [5, 5.41) is 8.87. The monoisotopic (exact) mass is 340 g/mol. The predicted molar refractivity (Wildman–Crippen MR) is 99.1 cm³/mol. The second kappa shape index (κ2) is 8.77. The van der Waals surface area contributed by atoms with E-state index in [1.807, 2.05) is 0 Å². The fraction of sp³-hybridized carbons (Fsp3) is 0.750. The van der Waals surface area contributed by atoms with Crippen LogP contribution in [-0.2, 0) is 6.54 Å². The van der Waals surface area contributed by atoms with Crippen molar-refractivity contribution in [3.05, 3.63) is 15.6 Å². The topological polar surface area (TPSA) is 49.3 Å². The van der Waals surface area contributed by atoms with Crippen LogP contribution in [0.5, 0.6) is 0 Å². The van der Waals surface area contributed by atoms with Crippen molar-refractivity contribution < 1.29 is 0 Å². The average molecular weight is 341 g/mol. The lowest BCUT2D eigenvalue weighted by Gasteiger charge is -2.17. The highest BCUT2D eigenvalue weighted by molar-refractivity contribution is 7.99. The minimum Gasteiger partial charge on any atom is -0.357 e. The van der Waals surface area contributed by atoms with Crippen LogP contribution >= 0.6 is 23.1 Å². The van der Waals surface area contributed by atoms with Crippen LogP contribution in [0.25, 0.3) is 0 Å². The molecule has 4 nitrogen and oxygen atoms in total. The third-order valence-electron chi connectivity index (χ3n) is 3.92. The Balaban J connectivity index is 1.90. The van der Waals surface area contributed by atoms with Gasteiger partial charge in [0.2, 0.25) is 0 Å². The number of guanidine groups is 1. The number of thioether (sulfide) groups is 1. The van der Waals surface area contributed by atoms with E-state index in [-0.39, 0.29) is 0 Å². The fourth-order valence-electron chi connectivity index (χ4n) is 2.73. The van der Waals surface area contributed by atoms with Crippen molar-refractivity contribution in [3.8, 4) is 0 Å². The molecule has 0 spiro atoms. The molecular weight excluding hydrogens is 312 g/mol. The highest BCUT2D eigenvalue weighted by atomic mass is 32.2. The first-order chi connectivity index (χ1) is 10.6. The number of hydrogen-bond acceptors (Lipinski definition) is 4. The number of aryl methyl sites for hydroxylation is 2. The summed E-state index contributed by atoms with van der Waals surface area (Å²) in [6.45, 7) is 10.1. The van der Waals surface area contributed by atoms with Crippen molar-refractivity contribution in [1.29, 1.82) is 0 Å². The first-order valence-corrected chi connectivity index (χ1v) is 10.1. The molecule has 1 aromatic rings. The van der Waals surface area contributed by atoms with E-state index < -0.39 is 0 Å². The molecule has 0 aromatic carbocycles. The van der Waals surface area contributed by atoms with Gasteiger partial charge in [0.05, 0.1) is 12.2 Å². The zero-order valence-corrected chi connectivity index (χ0v) is 15.7. The number of aliphatic imine (C=N–C) groups is 1. The third kappa shape index (κ3) is 5.16. The number of nitrogens with zero attached hydrogens (tertiary/aromatic N) is 2. The maximum absolute atomic E-state index is 4.71. The summed E-state index contributed by atoms with van der Waals surface area (Å²) in [6, 6.07) is 0.557. The van der Waals surface area contributed by atoms with E-state index in [1.165, 1.54) is 29.9 Å². The van der Waals surface area contributed by atoms with Gasteiger partial charge in [0.25, 0.3) is 0 Å². The molecule has 1 aromatic heterocycles. The minimum absolute atomic E-state index is 0.557. The summed E-state index contributed by atoms with van der Waals surface area (Å²) < 4.78 is 0. The van der Waals surface area contributed by atoms with Crippen LogP contribution in [0.4, 0.5) is 0 Å². The van der Waals surface area contributed by atoms with E-state index in [0.29, 0.717) is 12.6 Å². The van der Waals surface area contributed by atoms with Gasteiger partial charge in [-0.1, -0.05) is 6.92 Å². The lowest BCUT2D eigenvalue weighted by atomic mass is 10.2. The smallest absolute Gasteiger partial charge is 0.191 e. The van der Waals surface area contributed by atoms with Gasteiger partial charge >= 0.3 is 0 Å². The molecule has 0 bridgehead atoms. The molecule has 1 fully saturated rings. The lowest BCUT2D eigenvalue weighted by molar-refractivity contribution is 0.615. The molecule has 1 aliphatic rings. The van der Waals surface area contributed by atoms with Gasteiger partial charge in [0.1, 0.15) is 5.01 Å². The maximum atomic E-state index is 4.71. The second-order valence-electron chi connectivity index (χ2n) is 5.68. The van der Waals surface area contributed by atoms with Crippen molar-refractivity contribution in [3.63, 3.8) is 0 Å².